The van der Waals surface area contributed by atoms with Crippen LogP contribution < -0.4 is 5.32 Å². The van der Waals surface area contributed by atoms with Crippen molar-refractivity contribution in [2.75, 3.05) is 6.54 Å². The van der Waals surface area contributed by atoms with Crippen LogP contribution in [-0.4, -0.2) is 30.6 Å². The van der Waals surface area contributed by atoms with E-state index in [1.165, 1.54) is 0 Å². The maximum Gasteiger partial charge on any atom is 0.241 e. The number of aryl methyl sites for hydroxylation is 2. The number of hydrogen-bond acceptors (Lipinski definition) is 4. The van der Waals surface area contributed by atoms with Crippen LogP contribution in [0.15, 0.2) is 59.6 Å². The first kappa shape index (κ1) is 21.5. The van der Waals surface area contributed by atoms with Crippen molar-refractivity contribution in [2.24, 2.45) is 0 Å². The largest absolute Gasteiger partial charge is 0.354 e. The molecule has 3 aromatic rings. The van der Waals surface area contributed by atoms with E-state index in [1.54, 1.807) is 18.3 Å². The number of aromatic nitrogens is 1. The number of carbonyl (C=O) groups is 1. The Morgan fingerprint density at radius 2 is 1.77 bits per heavy atom. The third-order valence-electron chi connectivity index (χ3n) is 6.52. The molecule has 1 fully saturated rings. The Hall–Kier alpha value is -2.73. The van der Waals surface area contributed by atoms with E-state index in [2.05, 4.69) is 10.3 Å². The quantitative estimate of drug-likeness (QED) is 0.625. The van der Waals surface area contributed by atoms with Gasteiger partial charge in [0, 0.05) is 18.1 Å². The van der Waals surface area contributed by atoms with Crippen molar-refractivity contribution in [3.63, 3.8) is 0 Å². The van der Waals surface area contributed by atoms with Crippen molar-refractivity contribution in [2.45, 2.75) is 55.6 Å². The molecular formula is C25H28N2O3S. The number of para-hydroxylation sites is 1. The lowest BCUT2D eigenvalue weighted by atomic mass is 10.1. The molecular weight excluding hydrogens is 408 g/mol. The SMILES string of the molecule is Cc1ccc(S(=O)(=O)C2(C(=O)NCCc3cccc4cccnc34)CCCC2)cc1C. The average Bonchev–Trinajstić information content (AvgIpc) is 3.28. The summed E-state index contributed by atoms with van der Waals surface area (Å²) in [6.07, 6.45) is 4.57. The molecule has 5 nitrogen and oxygen atoms in total. The second kappa shape index (κ2) is 8.42. The van der Waals surface area contributed by atoms with Crippen LogP contribution in [-0.2, 0) is 21.1 Å². The molecule has 0 aliphatic heterocycles. The molecule has 1 N–H and O–H groups in total. The number of pyridine rings is 1. The van der Waals surface area contributed by atoms with Gasteiger partial charge in [0.2, 0.25) is 5.91 Å². The Kier molecular flexibility index (Phi) is 5.84. The maximum atomic E-state index is 13.6. The first-order valence-electron chi connectivity index (χ1n) is 10.8. The third kappa shape index (κ3) is 3.85. The number of carbonyl (C=O) groups excluding carboxylic acids is 1. The summed E-state index contributed by atoms with van der Waals surface area (Å²) in [5, 5.41) is 3.99. The molecule has 1 aliphatic carbocycles. The topological polar surface area (TPSA) is 76.1 Å². The molecule has 0 radical (unpaired) electrons. The van der Waals surface area contributed by atoms with E-state index in [9.17, 15) is 13.2 Å². The highest BCUT2D eigenvalue weighted by Crippen LogP contribution is 2.41. The van der Waals surface area contributed by atoms with Crippen molar-refractivity contribution in [3.05, 3.63) is 71.4 Å². The van der Waals surface area contributed by atoms with Crippen LogP contribution in [0.3, 0.4) is 0 Å². The number of fused-ring (bicyclic) bond motifs is 1. The van der Waals surface area contributed by atoms with Crippen molar-refractivity contribution in [3.8, 4) is 0 Å². The van der Waals surface area contributed by atoms with Crippen LogP contribution in [0.25, 0.3) is 10.9 Å². The zero-order valence-electron chi connectivity index (χ0n) is 18.0. The van der Waals surface area contributed by atoms with Crippen molar-refractivity contribution in [1.82, 2.24) is 10.3 Å². The minimum Gasteiger partial charge on any atom is -0.354 e. The van der Waals surface area contributed by atoms with Gasteiger partial charge in [0.15, 0.2) is 14.6 Å². The first-order chi connectivity index (χ1) is 14.8. The van der Waals surface area contributed by atoms with Crippen LogP contribution in [0.1, 0.15) is 42.4 Å². The van der Waals surface area contributed by atoms with E-state index in [0.29, 0.717) is 25.8 Å². The van der Waals surface area contributed by atoms with Crippen LogP contribution in [0.2, 0.25) is 0 Å². The predicted molar refractivity (Wildman–Crippen MR) is 123 cm³/mol. The van der Waals surface area contributed by atoms with Gasteiger partial charge in [-0.15, -0.1) is 0 Å². The highest BCUT2D eigenvalue weighted by molar-refractivity contribution is 7.93. The third-order valence-corrected chi connectivity index (χ3v) is 9.02. The number of nitrogens with one attached hydrogen (secondary N) is 1. The Bertz CT molecular complexity index is 1220. The van der Waals surface area contributed by atoms with E-state index >= 15 is 0 Å². The molecule has 1 amide bonds. The highest BCUT2D eigenvalue weighted by Gasteiger charge is 2.52. The first-order valence-corrected chi connectivity index (χ1v) is 12.3. The minimum atomic E-state index is -3.79. The van der Waals surface area contributed by atoms with Crippen LogP contribution >= 0.6 is 0 Å². The number of amides is 1. The van der Waals surface area contributed by atoms with E-state index in [1.807, 2.05) is 50.2 Å². The highest BCUT2D eigenvalue weighted by atomic mass is 32.2. The van der Waals surface area contributed by atoms with Crippen molar-refractivity contribution < 1.29 is 13.2 Å². The van der Waals surface area contributed by atoms with Crippen molar-refractivity contribution in [1.29, 1.82) is 0 Å². The number of nitrogens with zero attached hydrogens (tertiary/aromatic N) is 1. The fraction of sp³-hybridized carbons (Fsp3) is 0.360. The lowest BCUT2D eigenvalue weighted by Gasteiger charge is -2.28. The number of hydrogen-bond donors (Lipinski definition) is 1. The van der Waals surface area contributed by atoms with Gasteiger partial charge < -0.3 is 5.32 Å². The Balaban J connectivity index is 1.55. The van der Waals surface area contributed by atoms with Gasteiger partial charge in [-0.1, -0.05) is 43.2 Å². The minimum absolute atomic E-state index is 0.242. The number of benzene rings is 2. The molecule has 6 heteroatoms. The van der Waals surface area contributed by atoms with Crippen LogP contribution in [0, 0.1) is 13.8 Å². The molecule has 162 valence electrons. The lowest BCUT2D eigenvalue weighted by molar-refractivity contribution is -0.123. The molecule has 1 heterocycles. The molecule has 1 saturated carbocycles. The molecule has 0 spiro atoms. The molecule has 2 aromatic carbocycles. The normalized spacial score (nSPS) is 15.8. The second-order valence-corrected chi connectivity index (χ2v) is 10.7. The van der Waals surface area contributed by atoms with E-state index < -0.39 is 14.6 Å². The monoisotopic (exact) mass is 436 g/mol. The fourth-order valence-corrected chi connectivity index (χ4v) is 6.68. The standard InChI is InChI=1S/C25H28N2O3S/c1-18-10-11-22(17-19(18)2)31(29,30)25(13-3-4-14-25)24(28)27-16-12-21-8-5-7-20-9-6-15-26-23(20)21/h5-11,15,17H,3-4,12-14,16H2,1-2H3,(H,27,28). The molecule has 0 saturated heterocycles. The Morgan fingerprint density at radius 1 is 1.03 bits per heavy atom. The summed E-state index contributed by atoms with van der Waals surface area (Å²) in [6, 6.07) is 15.0. The molecule has 4 rings (SSSR count). The Morgan fingerprint density at radius 3 is 2.52 bits per heavy atom. The smallest absolute Gasteiger partial charge is 0.241 e. The van der Waals surface area contributed by atoms with Gasteiger partial charge >= 0.3 is 0 Å². The van der Waals surface area contributed by atoms with E-state index in [-0.39, 0.29) is 10.8 Å². The van der Waals surface area contributed by atoms with Gasteiger partial charge in [-0.25, -0.2) is 8.42 Å². The molecule has 31 heavy (non-hydrogen) atoms. The summed E-state index contributed by atoms with van der Waals surface area (Å²) >= 11 is 0. The van der Waals surface area contributed by atoms with E-state index in [4.69, 9.17) is 0 Å². The predicted octanol–water partition coefficient (Wildman–Crippen LogP) is 4.30. The fourth-order valence-electron chi connectivity index (χ4n) is 4.51. The Labute approximate surface area is 183 Å². The number of sulfone groups is 1. The molecule has 1 aliphatic rings. The zero-order valence-corrected chi connectivity index (χ0v) is 18.8. The van der Waals surface area contributed by atoms with Crippen LogP contribution in [0.5, 0.6) is 0 Å². The van der Waals surface area contributed by atoms with Gasteiger partial charge in [-0.2, -0.15) is 0 Å². The second-order valence-electron chi connectivity index (χ2n) is 8.45. The van der Waals surface area contributed by atoms with Crippen molar-refractivity contribution >= 4 is 26.6 Å². The summed E-state index contributed by atoms with van der Waals surface area (Å²) in [6.45, 7) is 4.22. The molecule has 0 unspecified atom stereocenters. The average molecular weight is 437 g/mol. The summed E-state index contributed by atoms with van der Waals surface area (Å²) in [5.41, 5.74) is 3.90. The molecule has 0 bridgehead atoms. The van der Waals surface area contributed by atoms with Gasteiger partial charge in [-0.05, 0) is 68.0 Å². The van der Waals surface area contributed by atoms with Crippen LogP contribution in [0.4, 0.5) is 0 Å². The van der Waals surface area contributed by atoms with Gasteiger partial charge in [0.1, 0.15) is 0 Å². The lowest BCUT2D eigenvalue weighted by Crippen LogP contribution is -2.51. The summed E-state index contributed by atoms with van der Waals surface area (Å²) < 4.78 is 25.8. The zero-order chi connectivity index (χ0) is 22.1. The van der Waals surface area contributed by atoms with Gasteiger partial charge in [-0.3, -0.25) is 9.78 Å². The van der Waals surface area contributed by atoms with E-state index in [0.717, 1.165) is 40.4 Å². The molecule has 1 aromatic heterocycles. The van der Waals surface area contributed by atoms with Gasteiger partial charge in [0.25, 0.3) is 0 Å². The summed E-state index contributed by atoms with van der Waals surface area (Å²) in [4.78, 5) is 18.0. The molecule has 0 atom stereocenters. The summed E-state index contributed by atoms with van der Waals surface area (Å²) in [7, 11) is -3.79. The number of rotatable bonds is 6. The summed E-state index contributed by atoms with van der Waals surface area (Å²) in [5.74, 6) is -0.378. The maximum absolute atomic E-state index is 13.6. The van der Waals surface area contributed by atoms with Gasteiger partial charge in [0.05, 0.1) is 10.4 Å².